The number of methoxy groups -OCH3 is 1. The van der Waals surface area contributed by atoms with Crippen LogP contribution in [0.5, 0.6) is 5.75 Å². The number of nitrogens with two attached hydrogens (primary N) is 1. The Balaban J connectivity index is 1.93. The predicted molar refractivity (Wildman–Crippen MR) is 88.1 cm³/mol. The molecule has 5 heteroatoms. The zero-order valence-electron chi connectivity index (χ0n) is 12.2. The minimum absolute atomic E-state index is 0.327. The molecule has 0 aliphatic heterocycles. The van der Waals surface area contributed by atoms with E-state index in [1.807, 2.05) is 54.6 Å². The summed E-state index contributed by atoms with van der Waals surface area (Å²) in [5, 5.41) is 4.34. The third kappa shape index (κ3) is 2.83. The van der Waals surface area contributed by atoms with E-state index in [1.165, 1.54) is 0 Å². The van der Waals surface area contributed by atoms with Crippen molar-refractivity contribution < 1.29 is 4.74 Å². The number of nitrogen functional groups attached to an aromatic ring is 1. The van der Waals surface area contributed by atoms with E-state index in [1.54, 1.807) is 24.2 Å². The van der Waals surface area contributed by atoms with E-state index in [9.17, 15) is 0 Å². The molecule has 0 saturated heterocycles. The summed E-state index contributed by atoms with van der Waals surface area (Å²) in [5.74, 6) is 1.08. The van der Waals surface area contributed by atoms with E-state index in [2.05, 4.69) is 10.1 Å². The SMILES string of the molecule is COc1ccccc1-c1cn(/N=C/c2ccccc2)c(N)n1. The van der Waals surface area contributed by atoms with E-state index in [0.29, 0.717) is 5.95 Å². The lowest BCUT2D eigenvalue weighted by atomic mass is 10.1. The number of nitrogens with zero attached hydrogens (tertiary/aromatic N) is 3. The van der Waals surface area contributed by atoms with E-state index in [0.717, 1.165) is 22.6 Å². The maximum atomic E-state index is 5.93. The average Bonchev–Trinajstić information content (AvgIpc) is 2.94. The molecule has 5 nitrogen and oxygen atoms in total. The Kier molecular flexibility index (Phi) is 3.87. The Morgan fingerprint density at radius 3 is 2.59 bits per heavy atom. The summed E-state index contributed by atoms with van der Waals surface area (Å²) >= 11 is 0. The fraction of sp³-hybridized carbons (Fsp3) is 0.0588. The van der Waals surface area contributed by atoms with Crippen LogP contribution in [0.25, 0.3) is 11.3 Å². The Bertz CT molecular complexity index is 793. The van der Waals surface area contributed by atoms with Gasteiger partial charge in [-0.3, -0.25) is 0 Å². The highest BCUT2D eigenvalue weighted by Crippen LogP contribution is 2.29. The van der Waals surface area contributed by atoms with Crippen LogP contribution in [0, 0.1) is 0 Å². The van der Waals surface area contributed by atoms with E-state index < -0.39 is 0 Å². The zero-order chi connectivity index (χ0) is 15.4. The van der Waals surface area contributed by atoms with Gasteiger partial charge in [0.25, 0.3) is 0 Å². The highest BCUT2D eigenvalue weighted by atomic mass is 16.5. The van der Waals surface area contributed by atoms with Gasteiger partial charge in [0.15, 0.2) is 0 Å². The van der Waals surface area contributed by atoms with Crippen LogP contribution in [0.2, 0.25) is 0 Å². The van der Waals surface area contributed by atoms with Gasteiger partial charge in [-0.1, -0.05) is 42.5 Å². The predicted octanol–water partition coefficient (Wildman–Crippen LogP) is 3.02. The minimum atomic E-state index is 0.327. The first kappa shape index (κ1) is 13.9. The number of benzene rings is 2. The highest BCUT2D eigenvalue weighted by Gasteiger charge is 2.10. The molecular formula is C17H16N4O. The lowest BCUT2D eigenvalue weighted by molar-refractivity contribution is 0.416. The van der Waals surface area contributed by atoms with E-state index >= 15 is 0 Å². The second-order valence-electron chi connectivity index (χ2n) is 4.68. The lowest BCUT2D eigenvalue weighted by Crippen LogP contribution is -1.96. The second-order valence-corrected chi connectivity index (χ2v) is 4.68. The van der Waals surface area contributed by atoms with E-state index in [4.69, 9.17) is 10.5 Å². The molecule has 2 N–H and O–H groups in total. The smallest absolute Gasteiger partial charge is 0.221 e. The Hall–Kier alpha value is -3.08. The van der Waals surface area contributed by atoms with Crippen molar-refractivity contribution in [2.45, 2.75) is 0 Å². The first-order valence-corrected chi connectivity index (χ1v) is 6.85. The summed E-state index contributed by atoms with van der Waals surface area (Å²) < 4.78 is 6.90. The highest BCUT2D eigenvalue weighted by molar-refractivity contribution is 5.79. The number of aromatic nitrogens is 2. The van der Waals surface area contributed by atoms with Crippen molar-refractivity contribution in [3.8, 4) is 17.0 Å². The first-order chi connectivity index (χ1) is 10.8. The van der Waals surface area contributed by atoms with Crippen LogP contribution in [-0.2, 0) is 0 Å². The molecule has 22 heavy (non-hydrogen) atoms. The van der Waals surface area contributed by atoms with Gasteiger partial charge in [0, 0.05) is 5.56 Å². The summed E-state index contributed by atoms with van der Waals surface area (Å²) in [4.78, 5) is 4.35. The minimum Gasteiger partial charge on any atom is -0.496 e. The zero-order valence-corrected chi connectivity index (χ0v) is 12.2. The van der Waals surface area contributed by atoms with Gasteiger partial charge in [-0.15, -0.1) is 0 Å². The fourth-order valence-corrected chi connectivity index (χ4v) is 2.13. The maximum Gasteiger partial charge on any atom is 0.221 e. The molecule has 0 spiro atoms. The van der Waals surface area contributed by atoms with Crippen molar-refractivity contribution in [2.75, 3.05) is 12.8 Å². The standard InChI is InChI=1S/C17H16N4O/c1-22-16-10-6-5-9-14(16)15-12-21(17(18)20-15)19-11-13-7-3-2-4-8-13/h2-12H,1H3,(H2,18,20)/b19-11+. The van der Waals surface area contributed by atoms with Crippen LogP contribution in [0.3, 0.4) is 0 Å². The number of rotatable bonds is 4. The molecule has 110 valence electrons. The van der Waals surface area contributed by atoms with Crippen molar-refractivity contribution in [1.29, 1.82) is 0 Å². The molecule has 0 radical (unpaired) electrons. The van der Waals surface area contributed by atoms with Crippen molar-refractivity contribution in [3.05, 3.63) is 66.4 Å². The van der Waals surface area contributed by atoms with Crippen molar-refractivity contribution >= 4 is 12.2 Å². The number of imidazole rings is 1. The number of ether oxygens (including phenoxy) is 1. The number of para-hydroxylation sites is 1. The van der Waals surface area contributed by atoms with Crippen LogP contribution >= 0.6 is 0 Å². The maximum absolute atomic E-state index is 5.93. The summed E-state index contributed by atoms with van der Waals surface area (Å²) in [6, 6.07) is 17.5. The number of anilines is 1. The first-order valence-electron chi connectivity index (χ1n) is 6.85. The molecule has 0 bridgehead atoms. The molecular weight excluding hydrogens is 276 g/mol. The number of hydrogen-bond donors (Lipinski definition) is 1. The van der Waals surface area contributed by atoms with E-state index in [-0.39, 0.29) is 0 Å². The molecule has 3 rings (SSSR count). The summed E-state index contributed by atoms with van der Waals surface area (Å²) in [7, 11) is 1.63. The van der Waals surface area contributed by atoms with Gasteiger partial charge in [-0.2, -0.15) is 5.10 Å². The molecule has 0 aliphatic rings. The summed E-state index contributed by atoms with van der Waals surface area (Å²) in [5.41, 5.74) is 8.53. The quantitative estimate of drug-likeness (QED) is 0.752. The molecule has 2 aromatic carbocycles. The van der Waals surface area contributed by atoms with Crippen LogP contribution in [0.4, 0.5) is 5.95 Å². The molecule has 1 aromatic heterocycles. The van der Waals surface area contributed by atoms with Gasteiger partial charge in [-0.05, 0) is 17.7 Å². The molecule has 0 aliphatic carbocycles. The summed E-state index contributed by atoms with van der Waals surface area (Å²) in [6.07, 6.45) is 3.52. The molecule has 0 amide bonds. The van der Waals surface area contributed by atoms with Crippen LogP contribution in [0.15, 0.2) is 65.9 Å². The van der Waals surface area contributed by atoms with Gasteiger partial charge in [-0.25, -0.2) is 9.66 Å². The van der Waals surface area contributed by atoms with Crippen molar-refractivity contribution in [2.24, 2.45) is 5.10 Å². The topological polar surface area (TPSA) is 65.4 Å². The fourth-order valence-electron chi connectivity index (χ4n) is 2.13. The van der Waals surface area contributed by atoms with Gasteiger partial charge in [0.1, 0.15) is 5.75 Å². The molecule has 0 saturated carbocycles. The third-order valence-electron chi connectivity index (χ3n) is 3.23. The van der Waals surface area contributed by atoms with Crippen molar-refractivity contribution in [1.82, 2.24) is 9.66 Å². The van der Waals surface area contributed by atoms with Gasteiger partial charge >= 0.3 is 0 Å². The van der Waals surface area contributed by atoms with Gasteiger partial charge in [0.2, 0.25) is 5.95 Å². The second kappa shape index (κ2) is 6.13. The molecule has 1 heterocycles. The largest absolute Gasteiger partial charge is 0.496 e. The Morgan fingerprint density at radius 2 is 1.82 bits per heavy atom. The average molecular weight is 292 g/mol. The molecule has 0 fully saturated rings. The Morgan fingerprint density at radius 1 is 1.09 bits per heavy atom. The molecule has 0 unspecified atom stereocenters. The monoisotopic (exact) mass is 292 g/mol. The van der Waals surface area contributed by atoms with Crippen LogP contribution < -0.4 is 10.5 Å². The summed E-state index contributed by atoms with van der Waals surface area (Å²) in [6.45, 7) is 0. The molecule has 0 atom stereocenters. The van der Waals surface area contributed by atoms with Crippen LogP contribution in [0.1, 0.15) is 5.56 Å². The van der Waals surface area contributed by atoms with Crippen molar-refractivity contribution in [3.63, 3.8) is 0 Å². The number of hydrogen-bond acceptors (Lipinski definition) is 4. The normalized spacial score (nSPS) is 11.0. The lowest BCUT2D eigenvalue weighted by Gasteiger charge is -2.04. The van der Waals surface area contributed by atoms with Crippen LogP contribution in [-0.4, -0.2) is 23.0 Å². The van der Waals surface area contributed by atoms with Gasteiger partial charge in [0.05, 0.1) is 25.2 Å². The Labute approximate surface area is 128 Å². The third-order valence-corrected chi connectivity index (χ3v) is 3.23. The molecule has 3 aromatic rings. The van der Waals surface area contributed by atoms with Gasteiger partial charge < -0.3 is 10.5 Å².